The average Bonchev–Trinajstić information content (AvgIpc) is 3.20. The molecule has 1 aliphatic heterocycles. The van der Waals surface area contributed by atoms with Gasteiger partial charge in [0, 0.05) is 6.54 Å². The quantitative estimate of drug-likeness (QED) is 0.0886. The van der Waals surface area contributed by atoms with Crippen LogP contribution in [-0.2, 0) is 49.6 Å². The van der Waals surface area contributed by atoms with Crippen LogP contribution in [0.2, 0.25) is 0 Å². The van der Waals surface area contributed by atoms with Gasteiger partial charge in [-0.2, -0.15) is 0 Å². The van der Waals surface area contributed by atoms with Crippen LogP contribution in [0.5, 0.6) is 0 Å². The van der Waals surface area contributed by atoms with Gasteiger partial charge in [0.15, 0.2) is 6.29 Å². The van der Waals surface area contributed by atoms with Crippen molar-refractivity contribution in [3.05, 3.63) is 119 Å². The number of hydrogen-bond acceptors (Lipinski definition) is 13. The second-order valence-corrected chi connectivity index (χ2v) is 22.3. The highest BCUT2D eigenvalue weighted by atomic mass is 32.2. The summed E-state index contributed by atoms with van der Waals surface area (Å²) in [5.74, 6) is 0. The molecule has 0 aromatic heterocycles. The topological polar surface area (TPSA) is 264 Å². The lowest BCUT2D eigenvalue weighted by molar-refractivity contribution is -0.263. The standard InChI is InChI=1S/C40H50N4O13S4/c1-24-5-14-29(15-6-24)58(48,49)41-23-28-13-22-33(42-59(50,51)30-16-7-25(2)8-17-30)40(56-28)57-39-35(44-61(54,55)32-20-11-27(4)12-21-32)36(45)34(37(46)38(39)47)43-60(52,53)31-18-9-26(3)10-19-31/h5-12,14-21,28,33-47H,13,22-23H2,1-4H3/t28?,33?,34-,35+,36?,37+,38?,39?,40-/m1/s1. The third kappa shape index (κ3) is 11.1. The summed E-state index contributed by atoms with van der Waals surface area (Å²) < 4.78 is 130. The van der Waals surface area contributed by atoms with Gasteiger partial charge in [0.05, 0.1) is 49.9 Å². The zero-order chi connectivity index (χ0) is 44.5. The first-order valence-corrected chi connectivity index (χ1v) is 25.2. The molecular formula is C40H50N4O13S4. The van der Waals surface area contributed by atoms with Gasteiger partial charge in [-0.3, -0.25) is 0 Å². The minimum atomic E-state index is -4.58. The number of hydrogen-bond donors (Lipinski definition) is 7. The van der Waals surface area contributed by atoms with Gasteiger partial charge in [-0.1, -0.05) is 70.8 Å². The van der Waals surface area contributed by atoms with Crippen LogP contribution in [0, 0.1) is 27.7 Å². The lowest BCUT2D eigenvalue weighted by atomic mass is 9.82. The van der Waals surface area contributed by atoms with E-state index >= 15 is 0 Å². The first-order valence-electron chi connectivity index (χ1n) is 19.2. The molecule has 6 rings (SSSR count). The summed E-state index contributed by atoms with van der Waals surface area (Å²) in [6.45, 7) is 6.72. The van der Waals surface area contributed by atoms with E-state index in [-0.39, 0.29) is 39.0 Å². The van der Waals surface area contributed by atoms with Crippen LogP contribution >= 0.6 is 0 Å². The van der Waals surface area contributed by atoms with Gasteiger partial charge in [0.2, 0.25) is 40.1 Å². The Morgan fingerprint density at radius 1 is 0.508 bits per heavy atom. The minimum absolute atomic E-state index is 0.0185. The SMILES string of the molecule is Cc1ccc(S(=O)(=O)NCC2CCC(NS(=O)(=O)c3ccc(C)cc3)[C@@H](OC3C(O)[C@@H](O)[C@H](NS(=O)(=O)c4ccc(C)cc4)C(O)[C@@H]3NS(=O)(=O)c3ccc(C)cc3)O2)cc1. The van der Waals surface area contributed by atoms with E-state index in [0.717, 1.165) is 22.3 Å². The number of ether oxygens (including phenoxy) is 2. The van der Waals surface area contributed by atoms with E-state index in [4.69, 9.17) is 9.47 Å². The van der Waals surface area contributed by atoms with Crippen molar-refractivity contribution in [1.82, 2.24) is 18.9 Å². The van der Waals surface area contributed by atoms with E-state index in [2.05, 4.69) is 18.9 Å². The molecule has 0 bridgehead atoms. The molecule has 0 spiro atoms. The molecule has 1 heterocycles. The lowest BCUT2D eigenvalue weighted by Gasteiger charge is -2.48. The van der Waals surface area contributed by atoms with E-state index in [1.54, 1.807) is 52.0 Å². The van der Waals surface area contributed by atoms with Crippen molar-refractivity contribution in [3.63, 3.8) is 0 Å². The van der Waals surface area contributed by atoms with Gasteiger partial charge in [-0.05, 0) is 89.1 Å². The summed E-state index contributed by atoms with van der Waals surface area (Å²) in [4.78, 5) is -0.638. The summed E-state index contributed by atoms with van der Waals surface area (Å²) in [6, 6.07) is 18.2. The maximum absolute atomic E-state index is 13.9. The van der Waals surface area contributed by atoms with Crippen molar-refractivity contribution in [3.8, 4) is 0 Å². The predicted octanol–water partition coefficient (Wildman–Crippen LogP) is 1.23. The average molecular weight is 923 g/mol. The Morgan fingerprint density at radius 3 is 1.31 bits per heavy atom. The number of rotatable bonds is 15. The van der Waals surface area contributed by atoms with E-state index in [1.807, 2.05) is 0 Å². The fourth-order valence-electron chi connectivity index (χ4n) is 7.00. The fourth-order valence-corrected chi connectivity index (χ4v) is 11.9. The zero-order valence-electron chi connectivity index (χ0n) is 33.6. The van der Waals surface area contributed by atoms with Crippen LogP contribution in [0.3, 0.4) is 0 Å². The van der Waals surface area contributed by atoms with Crippen LogP contribution in [0.15, 0.2) is 117 Å². The molecule has 0 radical (unpaired) electrons. The molecule has 1 saturated carbocycles. The van der Waals surface area contributed by atoms with Gasteiger partial charge >= 0.3 is 0 Å². The molecule has 5 unspecified atom stereocenters. The molecule has 9 atom stereocenters. The van der Waals surface area contributed by atoms with E-state index in [1.165, 1.54) is 72.8 Å². The molecule has 1 saturated heterocycles. The number of benzene rings is 4. The Hall–Kier alpha value is -3.68. The van der Waals surface area contributed by atoms with E-state index in [9.17, 15) is 49.0 Å². The van der Waals surface area contributed by atoms with Crippen LogP contribution < -0.4 is 18.9 Å². The van der Waals surface area contributed by atoms with Crippen molar-refractivity contribution in [2.45, 2.75) is 115 Å². The molecule has 4 aromatic rings. The molecular weight excluding hydrogens is 873 g/mol. The highest BCUT2D eigenvalue weighted by Crippen LogP contribution is 2.32. The number of aryl methyl sites for hydroxylation is 4. The molecule has 0 amide bonds. The summed E-state index contributed by atoms with van der Waals surface area (Å²) in [5, 5.41) is 35.1. The number of nitrogens with one attached hydrogen (secondary N) is 4. The van der Waals surface area contributed by atoms with Gasteiger partial charge < -0.3 is 24.8 Å². The zero-order valence-corrected chi connectivity index (χ0v) is 36.9. The Labute approximate surface area is 356 Å². The normalized spacial score (nSPS) is 26.5. The van der Waals surface area contributed by atoms with Crippen molar-refractivity contribution < 1.29 is 58.5 Å². The number of sulfonamides is 4. The second kappa shape index (κ2) is 18.6. The molecule has 21 heteroatoms. The molecule has 332 valence electrons. The van der Waals surface area contributed by atoms with E-state index in [0.29, 0.717) is 0 Å². The van der Waals surface area contributed by atoms with Gasteiger partial charge in [-0.25, -0.2) is 52.6 Å². The fraction of sp³-hybridized carbons (Fsp3) is 0.400. The first-order chi connectivity index (χ1) is 28.6. The van der Waals surface area contributed by atoms with Crippen LogP contribution in [0.25, 0.3) is 0 Å². The van der Waals surface area contributed by atoms with Crippen LogP contribution in [0.1, 0.15) is 35.1 Å². The highest BCUT2D eigenvalue weighted by molar-refractivity contribution is 7.90. The molecule has 4 aromatic carbocycles. The van der Waals surface area contributed by atoms with E-state index < -0.39 is 95.0 Å². The van der Waals surface area contributed by atoms with Gasteiger partial charge in [0.25, 0.3) is 0 Å². The largest absolute Gasteiger partial charge is 0.390 e. The van der Waals surface area contributed by atoms with Crippen molar-refractivity contribution >= 4 is 40.1 Å². The molecule has 2 fully saturated rings. The summed E-state index contributed by atoms with van der Waals surface area (Å²) in [6.07, 6.45) is -11.0. The second-order valence-electron chi connectivity index (χ2n) is 15.4. The first kappa shape index (κ1) is 46.8. The third-order valence-corrected chi connectivity index (χ3v) is 16.5. The Balaban J connectivity index is 1.34. The van der Waals surface area contributed by atoms with Crippen molar-refractivity contribution in [2.24, 2.45) is 0 Å². The molecule has 2 aliphatic rings. The summed E-state index contributed by atoms with van der Waals surface area (Å²) in [7, 11) is -17.4. The maximum atomic E-state index is 13.9. The minimum Gasteiger partial charge on any atom is -0.390 e. The third-order valence-electron chi connectivity index (χ3n) is 10.6. The smallest absolute Gasteiger partial charge is 0.240 e. The van der Waals surface area contributed by atoms with Crippen LogP contribution in [0.4, 0.5) is 0 Å². The summed E-state index contributed by atoms with van der Waals surface area (Å²) in [5.41, 5.74) is 3.10. The number of aliphatic hydroxyl groups is 3. The highest BCUT2D eigenvalue weighted by Gasteiger charge is 2.54. The Bertz CT molecular complexity index is 2600. The van der Waals surface area contributed by atoms with Crippen molar-refractivity contribution in [2.75, 3.05) is 6.54 Å². The Morgan fingerprint density at radius 2 is 0.885 bits per heavy atom. The summed E-state index contributed by atoms with van der Waals surface area (Å²) >= 11 is 0. The predicted molar refractivity (Wildman–Crippen MR) is 223 cm³/mol. The molecule has 7 N–H and O–H groups in total. The van der Waals surface area contributed by atoms with Crippen molar-refractivity contribution in [1.29, 1.82) is 0 Å². The van der Waals surface area contributed by atoms with Crippen LogP contribution in [-0.4, -0.2) is 110 Å². The maximum Gasteiger partial charge on any atom is 0.240 e. The Kier molecular flexibility index (Phi) is 14.3. The molecule has 17 nitrogen and oxygen atoms in total. The monoisotopic (exact) mass is 922 g/mol. The van der Waals surface area contributed by atoms with Gasteiger partial charge in [0.1, 0.15) is 18.3 Å². The molecule has 61 heavy (non-hydrogen) atoms. The lowest BCUT2D eigenvalue weighted by Crippen LogP contribution is -2.73. The molecule has 1 aliphatic carbocycles. The number of aliphatic hydroxyl groups excluding tert-OH is 3. The van der Waals surface area contributed by atoms with Gasteiger partial charge in [-0.15, -0.1) is 0 Å².